The first-order chi connectivity index (χ1) is 11.1. The number of guanidine groups is 1. The molecule has 0 aliphatic heterocycles. The normalized spacial score (nSPS) is 11.1. The number of carbonyl (C=O) groups excluding carboxylic acids is 1. The van der Waals surface area contributed by atoms with Gasteiger partial charge in [-0.1, -0.05) is 25.8 Å². The zero-order chi connectivity index (χ0) is 18.5. The van der Waals surface area contributed by atoms with E-state index in [0.717, 1.165) is 19.1 Å². The molecule has 1 aromatic rings. The fourth-order valence-corrected chi connectivity index (χ4v) is 3.50. The minimum atomic E-state index is -3.94. The van der Waals surface area contributed by atoms with E-state index in [1.165, 1.54) is 12.1 Å². The molecule has 0 aromatic heterocycles. The monoisotopic (exact) mass is 356 g/mol. The van der Waals surface area contributed by atoms with Crippen molar-refractivity contribution in [1.29, 1.82) is 0 Å². The van der Waals surface area contributed by atoms with Crippen molar-refractivity contribution in [3.05, 3.63) is 33.4 Å². The molecule has 0 saturated heterocycles. The molecule has 0 saturated carbocycles. The average molecular weight is 356 g/mol. The molecule has 9 nitrogen and oxygen atoms in total. The molecule has 0 atom stereocenters. The van der Waals surface area contributed by atoms with Crippen molar-refractivity contribution in [2.45, 2.75) is 37.5 Å². The summed E-state index contributed by atoms with van der Waals surface area (Å²) in [7, 11) is -3.94. The Hall–Kier alpha value is -2.49. The van der Waals surface area contributed by atoms with E-state index < -0.39 is 42.8 Å². The molecule has 0 heterocycles. The summed E-state index contributed by atoms with van der Waals surface area (Å²) in [6, 6.07) is 2.58. The van der Waals surface area contributed by atoms with Crippen molar-refractivity contribution in [1.82, 2.24) is 0 Å². The second kappa shape index (κ2) is 7.86. The van der Waals surface area contributed by atoms with Crippen LogP contribution in [0, 0.1) is 10.1 Å². The molecule has 1 rings (SSSR count). The van der Waals surface area contributed by atoms with Crippen LogP contribution in [0.15, 0.2) is 22.0 Å². The van der Waals surface area contributed by atoms with Gasteiger partial charge in [0, 0.05) is 6.26 Å². The van der Waals surface area contributed by atoms with Gasteiger partial charge in [0.1, 0.15) is 10.5 Å². The number of hydrogen-bond donors (Lipinski definition) is 2. The van der Waals surface area contributed by atoms with E-state index >= 15 is 0 Å². The van der Waals surface area contributed by atoms with Gasteiger partial charge in [-0.2, -0.15) is 4.99 Å². The SMILES string of the molecule is CCCCCc1ccc(C(=O)N=C(N)N)c([N+](=O)[O-])c1S(C)(=O)=O. The van der Waals surface area contributed by atoms with Crippen molar-refractivity contribution in [3.8, 4) is 0 Å². The maximum atomic E-state index is 12.1. The Balaban J connectivity index is 3.64. The molecule has 1 amide bonds. The van der Waals surface area contributed by atoms with Crippen molar-refractivity contribution >= 4 is 27.4 Å². The van der Waals surface area contributed by atoms with Gasteiger partial charge in [-0.3, -0.25) is 14.9 Å². The molecule has 10 heteroatoms. The number of nitrogens with zero attached hydrogens (tertiary/aromatic N) is 2. The largest absolute Gasteiger partial charge is 0.370 e. The van der Waals surface area contributed by atoms with E-state index in [0.29, 0.717) is 18.4 Å². The number of nitro benzene ring substituents is 1. The second-order valence-electron chi connectivity index (χ2n) is 5.28. The number of aryl methyl sites for hydroxylation is 1. The van der Waals surface area contributed by atoms with Crippen LogP contribution in [0.5, 0.6) is 0 Å². The number of aliphatic imine (C=N–C) groups is 1. The number of nitrogens with two attached hydrogens (primary N) is 2. The number of rotatable bonds is 7. The average Bonchev–Trinajstić information content (AvgIpc) is 2.44. The molecule has 0 fully saturated rings. The quantitative estimate of drug-likeness (QED) is 0.243. The fraction of sp³-hybridized carbons (Fsp3) is 0.429. The molecule has 0 aliphatic rings. The van der Waals surface area contributed by atoms with Crippen LogP contribution in [0.3, 0.4) is 0 Å². The first kappa shape index (κ1) is 19.6. The standard InChI is InChI=1S/C14H20N4O5S/c1-3-4-5-6-9-7-8-10(13(19)17-14(15)16)11(18(20)21)12(9)24(2,22)23/h7-8H,3-6H2,1-2H3,(H4,15,16,17,19). The van der Waals surface area contributed by atoms with Gasteiger partial charge in [-0.15, -0.1) is 0 Å². The lowest BCUT2D eigenvalue weighted by Gasteiger charge is -2.11. The molecule has 0 aliphatic carbocycles. The topological polar surface area (TPSA) is 159 Å². The van der Waals surface area contributed by atoms with Crippen molar-refractivity contribution in [3.63, 3.8) is 0 Å². The fourth-order valence-electron chi connectivity index (χ4n) is 2.32. The van der Waals surface area contributed by atoms with Gasteiger partial charge in [0.15, 0.2) is 15.8 Å². The summed E-state index contributed by atoms with van der Waals surface area (Å²) < 4.78 is 24.2. The Morgan fingerprint density at radius 3 is 2.38 bits per heavy atom. The maximum Gasteiger partial charge on any atom is 0.301 e. The Morgan fingerprint density at radius 2 is 1.92 bits per heavy atom. The van der Waals surface area contributed by atoms with E-state index in [-0.39, 0.29) is 0 Å². The van der Waals surface area contributed by atoms with Gasteiger partial charge >= 0.3 is 5.69 Å². The zero-order valence-corrected chi connectivity index (χ0v) is 14.3. The number of sulfone groups is 1. The van der Waals surface area contributed by atoms with Gasteiger partial charge in [0.05, 0.1) is 4.92 Å². The molecule has 24 heavy (non-hydrogen) atoms. The molecule has 1 aromatic carbocycles. The molecular formula is C14H20N4O5S. The predicted octanol–water partition coefficient (Wildman–Crippen LogP) is 1.14. The number of hydrogen-bond acceptors (Lipinski definition) is 5. The van der Waals surface area contributed by atoms with Crippen LogP contribution in [-0.2, 0) is 16.3 Å². The van der Waals surface area contributed by atoms with Crippen molar-refractivity contribution < 1.29 is 18.1 Å². The Kier molecular flexibility index (Phi) is 6.41. The Labute approximate surface area is 139 Å². The summed E-state index contributed by atoms with van der Waals surface area (Å²) in [6.45, 7) is 1.98. The highest BCUT2D eigenvalue weighted by molar-refractivity contribution is 7.91. The van der Waals surface area contributed by atoms with Crippen molar-refractivity contribution in [2.75, 3.05) is 6.26 Å². The van der Waals surface area contributed by atoms with Crippen LogP contribution >= 0.6 is 0 Å². The van der Waals surface area contributed by atoms with Crippen LogP contribution in [0.25, 0.3) is 0 Å². The summed E-state index contributed by atoms with van der Waals surface area (Å²) in [5, 5.41) is 11.4. The lowest BCUT2D eigenvalue weighted by molar-refractivity contribution is -0.388. The number of carbonyl (C=O) groups is 1. The summed E-state index contributed by atoms with van der Waals surface area (Å²) in [5.41, 5.74) is 9.27. The number of amides is 1. The van der Waals surface area contributed by atoms with Crippen LogP contribution < -0.4 is 11.5 Å². The van der Waals surface area contributed by atoms with Gasteiger partial charge in [0.25, 0.3) is 5.91 Å². The van der Waals surface area contributed by atoms with Crippen LogP contribution in [0.1, 0.15) is 42.1 Å². The molecular weight excluding hydrogens is 336 g/mol. The van der Waals surface area contributed by atoms with Crippen LogP contribution in [0.4, 0.5) is 5.69 Å². The second-order valence-corrected chi connectivity index (χ2v) is 7.23. The zero-order valence-electron chi connectivity index (χ0n) is 13.5. The lowest BCUT2D eigenvalue weighted by Crippen LogP contribution is -2.24. The molecule has 0 spiro atoms. The van der Waals surface area contributed by atoms with E-state index in [9.17, 15) is 23.3 Å². The molecule has 0 unspecified atom stereocenters. The predicted molar refractivity (Wildman–Crippen MR) is 89.6 cm³/mol. The smallest absolute Gasteiger partial charge is 0.301 e. The third kappa shape index (κ3) is 4.75. The van der Waals surface area contributed by atoms with E-state index in [2.05, 4.69) is 4.99 Å². The van der Waals surface area contributed by atoms with Crippen molar-refractivity contribution in [2.24, 2.45) is 16.5 Å². The molecule has 0 bridgehead atoms. The van der Waals surface area contributed by atoms with Gasteiger partial charge < -0.3 is 11.5 Å². The minimum Gasteiger partial charge on any atom is -0.370 e. The van der Waals surface area contributed by atoms with Gasteiger partial charge in [0.2, 0.25) is 0 Å². The highest BCUT2D eigenvalue weighted by atomic mass is 32.2. The molecule has 132 valence electrons. The number of unbranched alkanes of at least 4 members (excludes halogenated alkanes) is 2. The highest BCUT2D eigenvalue weighted by Gasteiger charge is 2.32. The van der Waals surface area contributed by atoms with E-state index in [1.807, 2.05) is 6.92 Å². The van der Waals surface area contributed by atoms with Crippen LogP contribution in [0.2, 0.25) is 0 Å². The summed E-state index contributed by atoms with van der Waals surface area (Å²) in [4.78, 5) is 25.3. The maximum absolute atomic E-state index is 12.1. The summed E-state index contributed by atoms with van der Waals surface area (Å²) >= 11 is 0. The third-order valence-electron chi connectivity index (χ3n) is 3.28. The molecule has 0 radical (unpaired) electrons. The van der Waals surface area contributed by atoms with Gasteiger partial charge in [-0.25, -0.2) is 8.42 Å². The summed E-state index contributed by atoms with van der Waals surface area (Å²) in [5.74, 6) is -1.63. The Morgan fingerprint density at radius 1 is 1.29 bits per heavy atom. The minimum absolute atomic E-state index is 0.305. The van der Waals surface area contributed by atoms with E-state index in [4.69, 9.17) is 11.5 Å². The Bertz CT molecular complexity index is 783. The first-order valence-electron chi connectivity index (χ1n) is 7.23. The highest BCUT2D eigenvalue weighted by Crippen LogP contribution is 2.33. The number of benzene rings is 1. The van der Waals surface area contributed by atoms with E-state index in [1.54, 1.807) is 0 Å². The number of nitro groups is 1. The summed E-state index contributed by atoms with van der Waals surface area (Å²) in [6.07, 6.45) is 3.67. The van der Waals surface area contributed by atoms with Crippen LogP contribution in [-0.4, -0.2) is 31.5 Å². The first-order valence-corrected chi connectivity index (χ1v) is 9.13. The third-order valence-corrected chi connectivity index (χ3v) is 4.47. The lowest BCUT2D eigenvalue weighted by atomic mass is 10.0. The molecule has 4 N–H and O–H groups in total. The van der Waals surface area contributed by atoms with Gasteiger partial charge in [-0.05, 0) is 24.5 Å².